The Hall–Kier alpha value is -1.90. The molecule has 0 aliphatic rings. The van der Waals surface area contributed by atoms with E-state index in [-0.39, 0.29) is 0 Å². The number of hydrogen-bond acceptors (Lipinski definition) is 2. The first-order valence-corrected chi connectivity index (χ1v) is 6.39. The van der Waals surface area contributed by atoms with Gasteiger partial charge in [-0.15, -0.1) is 0 Å². The third-order valence-corrected chi connectivity index (χ3v) is 3.43. The number of pyridine rings is 1. The molecule has 0 spiro atoms. The summed E-state index contributed by atoms with van der Waals surface area (Å²) in [6, 6.07) is 15.1. The van der Waals surface area contributed by atoms with Gasteiger partial charge in [0.05, 0.1) is 0 Å². The van der Waals surface area contributed by atoms with Crippen molar-refractivity contribution >= 4 is 22.4 Å². The summed E-state index contributed by atoms with van der Waals surface area (Å²) in [6.07, 6.45) is 2.81. The Morgan fingerprint density at radius 3 is 2.47 bits per heavy atom. The molecule has 1 heterocycles. The Morgan fingerprint density at radius 2 is 1.68 bits per heavy atom. The van der Waals surface area contributed by atoms with Crippen molar-refractivity contribution in [3.05, 3.63) is 77.1 Å². The fourth-order valence-corrected chi connectivity index (χ4v) is 2.31. The van der Waals surface area contributed by atoms with Gasteiger partial charge >= 0.3 is 0 Å². The van der Waals surface area contributed by atoms with Crippen molar-refractivity contribution in [1.82, 2.24) is 4.98 Å². The van der Waals surface area contributed by atoms with Crippen molar-refractivity contribution in [2.24, 2.45) is 0 Å². The van der Waals surface area contributed by atoms with E-state index in [4.69, 9.17) is 11.6 Å². The highest BCUT2D eigenvalue weighted by Gasteiger charge is 2.13. The lowest BCUT2D eigenvalue weighted by Gasteiger charge is -2.13. The maximum atomic E-state index is 10.5. The number of benzene rings is 2. The predicted octanol–water partition coefficient (Wildman–Crippen LogP) is 3.97. The van der Waals surface area contributed by atoms with E-state index in [1.54, 1.807) is 24.5 Å². The topological polar surface area (TPSA) is 33.1 Å². The molecule has 3 rings (SSSR count). The fourth-order valence-electron chi connectivity index (χ4n) is 2.18. The molecule has 0 amide bonds. The molecule has 2 aromatic carbocycles. The molecular formula is C16H12ClNO. The summed E-state index contributed by atoms with van der Waals surface area (Å²) in [7, 11) is 0. The Labute approximate surface area is 116 Å². The molecule has 2 nitrogen and oxygen atoms in total. The number of aliphatic hydroxyl groups is 1. The number of nitrogens with zero attached hydrogens (tertiary/aromatic N) is 1. The number of rotatable bonds is 2. The van der Waals surface area contributed by atoms with E-state index in [9.17, 15) is 5.11 Å². The second-order valence-electron chi connectivity index (χ2n) is 4.40. The van der Waals surface area contributed by atoms with Crippen LogP contribution in [0.15, 0.2) is 60.9 Å². The molecule has 1 aromatic heterocycles. The van der Waals surface area contributed by atoms with Crippen molar-refractivity contribution in [3.63, 3.8) is 0 Å². The zero-order chi connectivity index (χ0) is 13.2. The minimum Gasteiger partial charge on any atom is -0.384 e. The molecule has 1 atom stereocenters. The molecule has 0 aliphatic heterocycles. The number of halogens is 1. The third-order valence-electron chi connectivity index (χ3n) is 3.18. The fraction of sp³-hybridized carbons (Fsp3) is 0.0625. The summed E-state index contributed by atoms with van der Waals surface area (Å²) in [5.74, 6) is 0. The number of aliphatic hydroxyl groups excluding tert-OH is 1. The average Bonchev–Trinajstić information content (AvgIpc) is 2.47. The summed E-state index contributed by atoms with van der Waals surface area (Å²) in [4.78, 5) is 4.19. The van der Waals surface area contributed by atoms with Gasteiger partial charge in [-0.05, 0) is 23.1 Å². The molecule has 0 bridgehead atoms. The zero-order valence-corrected chi connectivity index (χ0v) is 10.9. The molecular weight excluding hydrogens is 258 g/mol. The molecule has 0 radical (unpaired) electrons. The van der Waals surface area contributed by atoms with Gasteiger partial charge in [-0.2, -0.15) is 0 Å². The lowest BCUT2D eigenvalue weighted by Crippen LogP contribution is -2.01. The van der Waals surface area contributed by atoms with Crippen molar-refractivity contribution in [2.45, 2.75) is 6.10 Å². The number of aromatic nitrogens is 1. The Morgan fingerprint density at radius 1 is 0.947 bits per heavy atom. The highest BCUT2D eigenvalue weighted by Crippen LogP contribution is 2.28. The highest BCUT2D eigenvalue weighted by molar-refractivity contribution is 6.30. The summed E-state index contributed by atoms with van der Waals surface area (Å²) in [6.45, 7) is 0. The van der Waals surface area contributed by atoms with Crippen molar-refractivity contribution in [2.75, 3.05) is 0 Å². The second-order valence-corrected chi connectivity index (χ2v) is 4.84. The van der Waals surface area contributed by atoms with Crippen LogP contribution in [0.2, 0.25) is 5.02 Å². The van der Waals surface area contributed by atoms with Gasteiger partial charge in [-0.25, -0.2) is 0 Å². The van der Waals surface area contributed by atoms with Crippen LogP contribution in [-0.4, -0.2) is 10.1 Å². The molecule has 0 aliphatic carbocycles. The van der Waals surface area contributed by atoms with E-state index < -0.39 is 6.10 Å². The van der Waals surface area contributed by atoms with Crippen molar-refractivity contribution < 1.29 is 5.11 Å². The van der Waals surface area contributed by atoms with Crippen LogP contribution in [-0.2, 0) is 0 Å². The largest absolute Gasteiger partial charge is 0.384 e. The Bertz CT molecular complexity index is 704. The quantitative estimate of drug-likeness (QED) is 0.764. The summed E-state index contributed by atoms with van der Waals surface area (Å²) < 4.78 is 0. The maximum Gasteiger partial charge on any atom is 0.106 e. The molecule has 1 N–H and O–H groups in total. The lowest BCUT2D eigenvalue weighted by atomic mass is 9.98. The first-order chi connectivity index (χ1) is 9.25. The SMILES string of the molecule is OC(c1ccc(Cl)cc1)c1cncc2ccccc12. The van der Waals surface area contributed by atoms with Crippen LogP contribution < -0.4 is 0 Å². The van der Waals surface area contributed by atoms with E-state index in [0.29, 0.717) is 5.02 Å². The van der Waals surface area contributed by atoms with Crippen LogP contribution in [0.25, 0.3) is 10.8 Å². The lowest BCUT2D eigenvalue weighted by molar-refractivity contribution is 0.221. The minimum atomic E-state index is -0.698. The van der Waals surface area contributed by atoms with E-state index in [0.717, 1.165) is 21.9 Å². The van der Waals surface area contributed by atoms with Crippen LogP contribution in [0, 0.1) is 0 Å². The van der Waals surface area contributed by atoms with Gasteiger partial charge in [0.15, 0.2) is 0 Å². The molecule has 0 fully saturated rings. The van der Waals surface area contributed by atoms with Crippen LogP contribution in [0.5, 0.6) is 0 Å². The number of fused-ring (bicyclic) bond motifs is 1. The van der Waals surface area contributed by atoms with E-state index in [2.05, 4.69) is 4.98 Å². The van der Waals surface area contributed by atoms with E-state index >= 15 is 0 Å². The predicted molar refractivity (Wildman–Crippen MR) is 77.3 cm³/mol. The van der Waals surface area contributed by atoms with Gasteiger partial charge in [-0.1, -0.05) is 48.0 Å². The Balaban J connectivity index is 2.11. The van der Waals surface area contributed by atoms with Gasteiger partial charge in [0.2, 0.25) is 0 Å². The van der Waals surface area contributed by atoms with Crippen LogP contribution >= 0.6 is 11.6 Å². The normalized spacial score (nSPS) is 12.5. The summed E-state index contributed by atoms with van der Waals surface area (Å²) in [5.41, 5.74) is 1.61. The second kappa shape index (κ2) is 5.00. The van der Waals surface area contributed by atoms with Gasteiger partial charge in [0.25, 0.3) is 0 Å². The van der Waals surface area contributed by atoms with E-state index in [1.165, 1.54) is 0 Å². The van der Waals surface area contributed by atoms with Crippen molar-refractivity contribution in [1.29, 1.82) is 0 Å². The van der Waals surface area contributed by atoms with Crippen LogP contribution in [0.4, 0.5) is 0 Å². The standard InChI is InChI=1S/C16H12ClNO/c17-13-7-5-11(6-8-13)16(19)15-10-18-9-12-3-1-2-4-14(12)15/h1-10,16,19H. The molecule has 0 saturated carbocycles. The van der Waals surface area contributed by atoms with Gasteiger partial charge in [-0.3, -0.25) is 4.98 Å². The van der Waals surface area contributed by atoms with Gasteiger partial charge in [0.1, 0.15) is 6.10 Å². The molecule has 19 heavy (non-hydrogen) atoms. The van der Waals surface area contributed by atoms with Crippen LogP contribution in [0.3, 0.4) is 0 Å². The maximum absolute atomic E-state index is 10.5. The summed E-state index contributed by atoms with van der Waals surface area (Å²) >= 11 is 5.86. The molecule has 3 heteroatoms. The minimum absolute atomic E-state index is 0.659. The smallest absolute Gasteiger partial charge is 0.106 e. The molecule has 3 aromatic rings. The highest BCUT2D eigenvalue weighted by atomic mass is 35.5. The van der Waals surface area contributed by atoms with Crippen LogP contribution in [0.1, 0.15) is 17.2 Å². The molecule has 1 unspecified atom stereocenters. The average molecular weight is 270 g/mol. The van der Waals surface area contributed by atoms with E-state index in [1.807, 2.05) is 36.4 Å². The zero-order valence-electron chi connectivity index (χ0n) is 10.1. The summed E-state index contributed by atoms with van der Waals surface area (Å²) in [5, 5.41) is 13.2. The monoisotopic (exact) mass is 269 g/mol. The van der Waals surface area contributed by atoms with Crippen molar-refractivity contribution in [3.8, 4) is 0 Å². The number of hydrogen-bond donors (Lipinski definition) is 1. The first-order valence-electron chi connectivity index (χ1n) is 6.02. The van der Waals surface area contributed by atoms with Gasteiger partial charge in [0, 0.05) is 28.4 Å². The third kappa shape index (κ3) is 2.33. The Kier molecular flexibility index (Phi) is 3.20. The van der Waals surface area contributed by atoms with Gasteiger partial charge < -0.3 is 5.11 Å². The molecule has 0 saturated heterocycles. The molecule has 94 valence electrons. The first kappa shape index (κ1) is 12.2.